The molecule has 0 aliphatic heterocycles. The Hall–Kier alpha value is -1.22. The van der Waals surface area contributed by atoms with E-state index < -0.39 is 0 Å². The van der Waals surface area contributed by atoms with Crippen LogP contribution in [0.3, 0.4) is 0 Å². The normalized spacial score (nSPS) is 16.4. The summed E-state index contributed by atoms with van der Waals surface area (Å²) in [5.74, 6) is 0.829. The topological polar surface area (TPSA) is 35.5 Å². The number of halogens is 1. The molecule has 0 bridgehead atoms. The Labute approximate surface area is 106 Å². The lowest BCUT2D eigenvalue weighted by Gasteiger charge is -2.14. The molecule has 2 rings (SSSR count). The quantitative estimate of drug-likeness (QED) is 0.758. The number of esters is 1. The van der Waals surface area contributed by atoms with E-state index in [4.69, 9.17) is 21.1 Å². The molecule has 0 aromatic heterocycles. The summed E-state index contributed by atoms with van der Waals surface area (Å²) >= 11 is 5.78. The largest absolute Gasteiger partial charge is 0.493 e. The zero-order valence-electron chi connectivity index (χ0n) is 9.69. The summed E-state index contributed by atoms with van der Waals surface area (Å²) in [6, 6.07) is 7.12. The van der Waals surface area contributed by atoms with Gasteiger partial charge in [0.05, 0.1) is 13.0 Å². The Morgan fingerprint density at radius 2 is 2.06 bits per heavy atom. The van der Waals surface area contributed by atoms with Crippen LogP contribution in [0.5, 0.6) is 5.75 Å². The summed E-state index contributed by atoms with van der Waals surface area (Å²) in [5.41, 5.74) is 0. The molecule has 0 radical (unpaired) electrons. The average molecular weight is 255 g/mol. The molecule has 1 aliphatic carbocycles. The minimum Gasteiger partial charge on any atom is -0.493 e. The van der Waals surface area contributed by atoms with Gasteiger partial charge in [-0.25, -0.2) is 0 Å². The van der Waals surface area contributed by atoms with E-state index in [1.165, 1.54) is 7.11 Å². The van der Waals surface area contributed by atoms with Gasteiger partial charge in [0.25, 0.3) is 0 Å². The highest BCUT2D eigenvalue weighted by Gasteiger charge is 2.37. The SMILES string of the molecule is COC(=O)C(COc1ccc(Cl)cc1)C1CC1. The molecule has 0 spiro atoms. The van der Waals surface area contributed by atoms with Gasteiger partial charge in [0.1, 0.15) is 12.4 Å². The van der Waals surface area contributed by atoms with Crippen molar-refractivity contribution >= 4 is 17.6 Å². The minimum atomic E-state index is -0.179. The molecule has 1 atom stereocenters. The van der Waals surface area contributed by atoms with E-state index in [0.717, 1.165) is 18.6 Å². The zero-order valence-corrected chi connectivity index (χ0v) is 10.4. The molecule has 1 saturated carbocycles. The van der Waals surface area contributed by atoms with E-state index in [2.05, 4.69) is 0 Å². The van der Waals surface area contributed by atoms with Crippen LogP contribution in [0.4, 0.5) is 0 Å². The van der Waals surface area contributed by atoms with E-state index in [1.807, 2.05) is 0 Å². The number of carbonyl (C=O) groups excluding carboxylic acids is 1. The molecule has 17 heavy (non-hydrogen) atoms. The Morgan fingerprint density at radius 1 is 1.41 bits per heavy atom. The highest BCUT2D eigenvalue weighted by molar-refractivity contribution is 6.30. The summed E-state index contributed by atoms with van der Waals surface area (Å²) in [6.45, 7) is 0.374. The maximum absolute atomic E-state index is 11.5. The summed E-state index contributed by atoms with van der Waals surface area (Å²) in [4.78, 5) is 11.5. The van der Waals surface area contributed by atoms with Crippen LogP contribution in [0.15, 0.2) is 24.3 Å². The number of hydrogen-bond acceptors (Lipinski definition) is 3. The molecule has 0 N–H and O–H groups in total. The van der Waals surface area contributed by atoms with Crippen molar-refractivity contribution in [1.82, 2.24) is 0 Å². The average Bonchev–Trinajstić information content (AvgIpc) is 3.16. The first-order valence-electron chi connectivity index (χ1n) is 5.67. The molecule has 1 aromatic rings. The Balaban J connectivity index is 1.90. The first-order chi connectivity index (χ1) is 8.20. The highest BCUT2D eigenvalue weighted by atomic mass is 35.5. The van der Waals surface area contributed by atoms with Gasteiger partial charge in [-0.3, -0.25) is 4.79 Å². The predicted molar refractivity (Wildman–Crippen MR) is 65.2 cm³/mol. The summed E-state index contributed by atoms with van der Waals surface area (Å²) in [6.07, 6.45) is 2.17. The molecule has 1 fully saturated rings. The second kappa shape index (κ2) is 5.41. The fourth-order valence-corrected chi connectivity index (χ4v) is 1.89. The molecular formula is C13H15ClO3. The first-order valence-corrected chi connectivity index (χ1v) is 6.04. The molecular weight excluding hydrogens is 240 g/mol. The molecule has 92 valence electrons. The van der Waals surface area contributed by atoms with Crippen molar-refractivity contribution in [3.63, 3.8) is 0 Å². The third-order valence-electron chi connectivity index (χ3n) is 2.94. The van der Waals surface area contributed by atoms with Crippen LogP contribution in [0.25, 0.3) is 0 Å². The fraction of sp³-hybridized carbons (Fsp3) is 0.462. The molecule has 0 heterocycles. The van der Waals surface area contributed by atoms with Crippen molar-refractivity contribution in [2.24, 2.45) is 11.8 Å². The van der Waals surface area contributed by atoms with Crippen molar-refractivity contribution in [2.75, 3.05) is 13.7 Å². The molecule has 1 aliphatic rings. The van der Waals surface area contributed by atoms with Crippen LogP contribution >= 0.6 is 11.6 Å². The van der Waals surface area contributed by atoms with E-state index >= 15 is 0 Å². The van der Waals surface area contributed by atoms with Gasteiger partial charge in [-0.15, -0.1) is 0 Å². The van der Waals surface area contributed by atoms with Crippen LogP contribution in [-0.2, 0) is 9.53 Å². The van der Waals surface area contributed by atoms with Crippen LogP contribution in [0.2, 0.25) is 5.02 Å². The minimum absolute atomic E-state index is 0.143. The second-order valence-electron chi connectivity index (χ2n) is 4.23. The number of benzene rings is 1. The van der Waals surface area contributed by atoms with E-state index in [9.17, 15) is 4.79 Å². The summed E-state index contributed by atoms with van der Waals surface area (Å²) in [7, 11) is 1.42. The standard InChI is InChI=1S/C13H15ClO3/c1-16-13(15)12(9-2-3-9)8-17-11-6-4-10(14)5-7-11/h4-7,9,12H,2-3,8H2,1H3. The van der Waals surface area contributed by atoms with E-state index in [0.29, 0.717) is 17.5 Å². The van der Waals surface area contributed by atoms with E-state index in [1.54, 1.807) is 24.3 Å². The molecule has 0 saturated heterocycles. The van der Waals surface area contributed by atoms with Crippen LogP contribution < -0.4 is 4.74 Å². The van der Waals surface area contributed by atoms with Gasteiger partial charge in [-0.1, -0.05) is 11.6 Å². The molecule has 4 heteroatoms. The lowest BCUT2D eigenvalue weighted by molar-refractivity contribution is -0.147. The number of ether oxygens (including phenoxy) is 2. The van der Waals surface area contributed by atoms with Gasteiger partial charge in [-0.05, 0) is 43.0 Å². The van der Waals surface area contributed by atoms with Gasteiger partial charge < -0.3 is 9.47 Å². The first kappa shape index (κ1) is 12.2. The maximum Gasteiger partial charge on any atom is 0.312 e. The van der Waals surface area contributed by atoms with Gasteiger partial charge in [0, 0.05) is 5.02 Å². The third-order valence-corrected chi connectivity index (χ3v) is 3.19. The molecule has 1 unspecified atom stereocenters. The molecule has 3 nitrogen and oxygen atoms in total. The fourth-order valence-electron chi connectivity index (χ4n) is 1.76. The Morgan fingerprint density at radius 3 is 2.59 bits per heavy atom. The van der Waals surface area contributed by atoms with Crippen molar-refractivity contribution in [3.8, 4) is 5.75 Å². The van der Waals surface area contributed by atoms with Crippen molar-refractivity contribution < 1.29 is 14.3 Å². The predicted octanol–water partition coefficient (Wildman–Crippen LogP) is 2.92. The third kappa shape index (κ3) is 3.37. The maximum atomic E-state index is 11.5. The Bertz CT molecular complexity index is 384. The summed E-state index contributed by atoms with van der Waals surface area (Å²) in [5, 5.41) is 0.670. The second-order valence-corrected chi connectivity index (χ2v) is 4.67. The highest BCUT2D eigenvalue weighted by Crippen LogP contribution is 2.37. The number of rotatable bonds is 5. The number of carbonyl (C=O) groups is 1. The van der Waals surface area contributed by atoms with Crippen LogP contribution in [-0.4, -0.2) is 19.7 Å². The molecule has 1 aromatic carbocycles. The van der Waals surface area contributed by atoms with Gasteiger partial charge in [-0.2, -0.15) is 0 Å². The van der Waals surface area contributed by atoms with Crippen molar-refractivity contribution in [2.45, 2.75) is 12.8 Å². The van der Waals surface area contributed by atoms with E-state index in [-0.39, 0.29) is 11.9 Å². The Kier molecular flexibility index (Phi) is 3.89. The van der Waals surface area contributed by atoms with Crippen LogP contribution in [0, 0.1) is 11.8 Å². The van der Waals surface area contributed by atoms with Gasteiger partial charge in [0.2, 0.25) is 0 Å². The van der Waals surface area contributed by atoms with Crippen molar-refractivity contribution in [1.29, 1.82) is 0 Å². The smallest absolute Gasteiger partial charge is 0.312 e. The number of methoxy groups -OCH3 is 1. The monoisotopic (exact) mass is 254 g/mol. The lowest BCUT2D eigenvalue weighted by atomic mass is 10.1. The zero-order chi connectivity index (χ0) is 12.3. The lowest BCUT2D eigenvalue weighted by Crippen LogP contribution is -2.25. The number of hydrogen-bond donors (Lipinski definition) is 0. The van der Waals surface area contributed by atoms with Crippen molar-refractivity contribution in [3.05, 3.63) is 29.3 Å². The van der Waals surface area contributed by atoms with Gasteiger partial charge in [0.15, 0.2) is 0 Å². The summed E-state index contributed by atoms with van der Waals surface area (Å²) < 4.78 is 10.4. The molecule has 0 amide bonds. The van der Waals surface area contributed by atoms with Gasteiger partial charge >= 0.3 is 5.97 Å². The van der Waals surface area contributed by atoms with Crippen LogP contribution in [0.1, 0.15) is 12.8 Å².